The van der Waals surface area contributed by atoms with Gasteiger partial charge in [0.2, 0.25) is 5.95 Å². The van der Waals surface area contributed by atoms with Crippen molar-refractivity contribution in [2.24, 2.45) is 0 Å². The number of carboxylic acids is 1. The standard InChI is InChI=1S/C23H22F3N3O4/c1-2-32-20-8-6-16(11-17(20)7-9-21(30)31)18-13-28-22(29-14-18)27-12-15-4-3-5-19(10-15)33-23(24,25)26/h3-6,8,10-11,13-14H,2,7,9,12H2,1H3,(H,30,31)(H,27,28,29). The van der Waals surface area contributed by atoms with Crippen molar-refractivity contribution in [2.75, 3.05) is 11.9 Å². The summed E-state index contributed by atoms with van der Waals surface area (Å²) in [5.74, 6) is -0.249. The molecule has 0 saturated carbocycles. The molecule has 2 N–H and O–H groups in total. The van der Waals surface area contributed by atoms with E-state index in [4.69, 9.17) is 9.84 Å². The Kier molecular flexibility index (Phi) is 7.70. The third kappa shape index (κ3) is 7.37. The zero-order valence-electron chi connectivity index (χ0n) is 17.7. The van der Waals surface area contributed by atoms with Gasteiger partial charge < -0.3 is 19.9 Å². The van der Waals surface area contributed by atoms with Gasteiger partial charge in [0, 0.05) is 30.9 Å². The number of alkyl halides is 3. The van der Waals surface area contributed by atoms with E-state index in [0.29, 0.717) is 30.3 Å². The number of nitrogens with one attached hydrogen (secondary N) is 1. The van der Waals surface area contributed by atoms with Crippen molar-refractivity contribution in [2.45, 2.75) is 32.7 Å². The van der Waals surface area contributed by atoms with Gasteiger partial charge in [0.25, 0.3) is 0 Å². The summed E-state index contributed by atoms with van der Waals surface area (Å²) in [6.07, 6.45) is -1.22. The Balaban J connectivity index is 1.68. The summed E-state index contributed by atoms with van der Waals surface area (Å²) in [6, 6.07) is 11.1. The maximum Gasteiger partial charge on any atom is 0.573 e. The number of aromatic nitrogens is 2. The third-order valence-electron chi connectivity index (χ3n) is 4.54. The number of halogens is 3. The Labute approximate surface area is 188 Å². The van der Waals surface area contributed by atoms with Crippen LogP contribution in [-0.2, 0) is 17.8 Å². The highest BCUT2D eigenvalue weighted by Crippen LogP contribution is 2.28. The van der Waals surface area contributed by atoms with Gasteiger partial charge in [-0.2, -0.15) is 0 Å². The zero-order valence-corrected chi connectivity index (χ0v) is 17.7. The lowest BCUT2D eigenvalue weighted by atomic mass is 10.0. The molecule has 0 amide bonds. The molecule has 1 aromatic heterocycles. The summed E-state index contributed by atoms with van der Waals surface area (Å²) in [7, 11) is 0. The molecule has 174 valence electrons. The highest BCUT2D eigenvalue weighted by molar-refractivity contribution is 5.68. The van der Waals surface area contributed by atoms with E-state index in [9.17, 15) is 18.0 Å². The van der Waals surface area contributed by atoms with Gasteiger partial charge in [-0.3, -0.25) is 4.79 Å². The van der Waals surface area contributed by atoms with Crippen LogP contribution in [0.25, 0.3) is 11.1 Å². The van der Waals surface area contributed by atoms with Crippen molar-refractivity contribution in [3.63, 3.8) is 0 Å². The molecule has 0 aliphatic heterocycles. The highest BCUT2D eigenvalue weighted by atomic mass is 19.4. The molecule has 0 saturated heterocycles. The molecule has 7 nitrogen and oxygen atoms in total. The predicted molar refractivity (Wildman–Crippen MR) is 115 cm³/mol. The first-order valence-electron chi connectivity index (χ1n) is 10.1. The molecule has 1 heterocycles. The van der Waals surface area contributed by atoms with E-state index in [1.54, 1.807) is 24.5 Å². The largest absolute Gasteiger partial charge is 0.573 e. The third-order valence-corrected chi connectivity index (χ3v) is 4.54. The fraction of sp³-hybridized carbons (Fsp3) is 0.261. The first-order chi connectivity index (χ1) is 15.7. The van der Waals surface area contributed by atoms with E-state index in [1.807, 2.05) is 19.1 Å². The lowest BCUT2D eigenvalue weighted by Gasteiger charge is -2.12. The van der Waals surface area contributed by atoms with Gasteiger partial charge in [-0.05, 0) is 54.3 Å². The average Bonchev–Trinajstić information content (AvgIpc) is 2.76. The van der Waals surface area contributed by atoms with Crippen molar-refractivity contribution in [1.82, 2.24) is 9.97 Å². The maximum absolute atomic E-state index is 12.4. The van der Waals surface area contributed by atoms with Crippen molar-refractivity contribution >= 4 is 11.9 Å². The van der Waals surface area contributed by atoms with Crippen LogP contribution in [0, 0.1) is 0 Å². The van der Waals surface area contributed by atoms with Gasteiger partial charge in [-0.1, -0.05) is 18.2 Å². The SMILES string of the molecule is CCOc1ccc(-c2cnc(NCc3cccc(OC(F)(F)F)c3)nc2)cc1CCC(=O)O. The van der Waals surface area contributed by atoms with Crippen LogP contribution in [-0.4, -0.2) is 34.0 Å². The van der Waals surface area contributed by atoms with Crippen LogP contribution in [0.3, 0.4) is 0 Å². The Hall–Kier alpha value is -3.82. The minimum Gasteiger partial charge on any atom is -0.494 e. The average molecular weight is 461 g/mol. The monoisotopic (exact) mass is 461 g/mol. The number of anilines is 1. The van der Waals surface area contributed by atoms with Crippen LogP contribution in [0.4, 0.5) is 19.1 Å². The molecule has 0 bridgehead atoms. The van der Waals surface area contributed by atoms with Gasteiger partial charge in [0.15, 0.2) is 0 Å². The van der Waals surface area contributed by atoms with Crippen molar-refractivity contribution in [1.29, 1.82) is 0 Å². The summed E-state index contributed by atoms with van der Waals surface area (Å²) >= 11 is 0. The van der Waals surface area contributed by atoms with E-state index >= 15 is 0 Å². The number of hydrogen-bond acceptors (Lipinski definition) is 6. The molecule has 3 rings (SSSR count). The van der Waals surface area contributed by atoms with Crippen molar-refractivity contribution in [3.05, 3.63) is 66.0 Å². The number of carbonyl (C=O) groups is 1. The molecule has 0 aliphatic carbocycles. The number of aliphatic carboxylic acids is 1. The molecule has 33 heavy (non-hydrogen) atoms. The van der Waals surface area contributed by atoms with Crippen molar-refractivity contribution in [3.8, 4) is 22.6 Å². The maximum atomic E-state index is 12.4. The van der Waals surface area contributed by atoms with Crippen LogP contribution >= 0.6 is 0 Å². The second-order valence-electron chi connectivity index (χ2n) is 6.99. The number of ether oxygens (including phenoxy) is 2. The minimum atomic E-state index is -4.75. The molecule has 2 aromatic carbocycles. The number of benzene rings is 2. The van der Waals surface area contributed by atoms with E-state index in [1.165, 1.54) is 18.2 Å². The summed E-state index contributed by atoms with van der Waals surface area (Å²) in [5, 5.41) is 11.9. The molecule has 0 radical (unpaired) electrons. The molecular formula is C23H22F3N3O4. The first kappa shape index (κ1) is 23.8. The number of hydrogen-bond donors (Lipinski definition) is 2. The Morgan fingerprint density at radius 3 is 2.52 bits per heavy atom. The van der Waals surface area contributed by atoms with Crippen LogP contribution in [0.5, 0.6) is 11.5 Å². The van der Waals surface area contributed by atoms with Gasteiger partial charge in [-0.15, -0.1) is 13.2 Å². The van der Waals surface area contributed by atoms with Gasteiger partial charge >= 0.3 is 12.3 Å². The molecule has 0 aliphatic rings. The molecule has 0 atom stereocenters. The Morgan fingerprint density at radius 2 is 1.85 bits per heavy atom. The molecular weight excluding hydrogens is 439 g/mol. The summed E-state index contributed by atoms with van der Waals surface area (Å²) in [6.45, 7) is 2.53. The minimum absolute atomic E-state index is 0.0158. The highest BCUT2D eigenvalue weighted by Gasteiger charge is 2.31. The number of aryl methyl sites for hydroxylation is 1. The molecule has 0 unspecified atom stereocenters. The topological polar surface area (TPSA) is 93.6 Å². The number of carboxylic acid groups (broad SMARTS) is 1. The van der Waals surface area contributed by atoms with Crippen LogP contribution < -0.4 is 14.8 Å². The lowest BCUT2D eigenvalue weighted by molar-refractivity contribution is -0.274. The van der Waals surface area contributed by atoms with E-state index < -0.39 is 12.3 Å². The normalized spacial score (nSPS) is 11.2. The fourth-order valence-electron chi connectivity index (χ4n) is 3.09. The first-order valence-corrected chi connectivity index (χ1v) is 10.1. The van der Waals surface area contributed by atoms with E-state index in [-0.39, 0.29) is 18.7 Å². The zero-order chi connectivity index (χ0) is 23.8. The summed E-state index contributed by atoms with van der Waals surface area (Å²) in [4.78, 5) is 19.5. The molecule has 10 heteroatoms. The van der Waals surface area contributed by atoms with Gasteiger partial charge in [0.1, 0.15) is 11.5 Å². The van der Waals surface area contributed by atoms with Gasteiger partial charge in [-0.25, -0.2) is 9.97 Å². The quantitative estimate of drug-likeness (QED) is 0.435. The molecule has 3 aromatic rings. The number of rotatable bonds is 10. The van der Waals surface area contributed by atoms with E-state index in [2.05, 4.69) is 20.0 Å². The Morgan fingerprint density at radius 1 is 1.09 bits per heavy atom. The molecule has 0 fully saturated rings. The fourth-order valence-corrected chi connectivity index (χ4v) is 3.09. The van der Waals surface area contributed by atoms with Crippen LogP contribution in [0.15, 0.2) is 54.9 Å². The Bertz CT molecular complexity index is 1090. The van der Waals surface area contributed by atoms with Crippen LogP contribution in [0.2, 0.25) is 0 Å². The van der Waals surface area contributed by atoms with Gasteiger partial charge in [0.05, 0.1) is 6.61 Å². The second kappa shape index (κ2) is 10.7. The summed E-state index contributed by atoms with van der Waals surface area (Å²) < 4.78 is 46.6. The lowest BCUT2D eigenvalue weighted by Crippen LogP contribution is -2.17. The summed E-state index contributed by atoms with van der Waals surface area (Å²) in [5.41, 5.74) is 2.88. The molecule has 0 spiro atoms. The predicted octanol–water partition coefficient (Wildman–Crippen LogP) is 5.07. The van der Waals surface area contributed by atoms with E-state index in [0.717, 1.165) is 16.7 Å². The second-order valence-corrected chi connectivity index (χ2v) is 6.99. The van der Waals surface area contributed by atoms with Crippen LogP contribution in [0.1, 0.15) is 24.5 Å². The van der Waals surface area contributed by atoms with Crippen molar-refractivity contribution < 1.29 is 32.5 Å². The number of nitrogens with zero attached hydrogens (tertiary/aromatic N) is 2. The smallest absolute Gasteiger partial charge is 0.494 e.